The predicted molar refractivity (Wildman–Crippen MR) is 66.7 cm³/mol. The molecule has 2 fully saturated rings. The Hall–Kier alpha value is -0.600. The number of rotatable bonds is 3. The Morgan fingerprint density at radius 3 is 2.65 bits per heavy atom. The van der Waals surface area contributed by atoms with Crippen molar-refractivity contribution in [1.29, 1.82) is 0 Å². The van der Waals surface area contributed by atoms with Gasteiger partial charge >= 0.3 is 0 Å². The molecule has 0 unspecified atom stereocenters. The highest BCUT2D eigenvalue weighted by Crippen LogP contribution is 2.15. The van der Waals surface area contributed by atoms with Crippen LogP contribution < -0.4 is 0 Å². The summed E-state index contributed by atoms with van der Waals surface area (Å²) in [5.41, 5.74) is 0. The van der Waals surface area contributed by atoms with Crippen molar-refractivity contribution in [1.82, 2.24) is 9.80 Å². The van der Waals surface area contributed by atoms with E-state index < -0.39 is 0 Å². The first-order chi connectivity index (χ1) is 8.40. The highest BCUT2D eigenvalue weighted by molar-refractivity contribution is 5.04. The molecule has 0 spiro atoms. The van der Waals surface area contributed by atoms with Crippen LogP contribution in [-0.4, -0.2) is 73.5 Å². The fourth-order valence-corrected chi connectivity index (χ4v) is 2.39. The minimum absolute atomic E-state index is 0.269. The van der Waals surface area contributed by atoms with E-state index in [1.165, 1.54) is 6.42 Å². The molecule has 0 aromatic heterocycles. The van der Waals surface area contributed by atoms with E-state index in [0.29, 0.717) is 6.04 Å². The SMILES string of the molecule is OC[C@@H]1CCCN1CC#CCN1CCOCC1. The van der Waals surface area contributed by atoms with Crippen LogP contribution in [0, 0.1) is 11.8 Å². The molecule has 2 saturated heterocycles. The fourth-order valence-electron chi connectivity index (χ4n) is 2.39. The zero-order chi connectivity index (χ0) is 11.9. The molecule has 2 aliphatic heterocycles. The molecule has 4 heteroatoms. The molecule has 2 rings (SSSR count). The zero-order valence-electron chi connectivity index (χ0n) is 10.4. The summed E-state index contributed by atoms with van der Waals surface area (Å²) < 4.78 is 5.29. The summed E-state index contributed by atoms with van der Waals surface area (Å²) in [6.07, 6.45) is 2.30. The average Bonchev–Trinajstić information content (AvgIpc) is 2.83. The Bertz CT molecular complexity index is 279. The summed E-state index contributed by atoms with van der Waals surface area (Å²) >= 11 is 0. The highest BCUT2D eigenvalue weighted by atomic mass is 16.5. The van der Waals surface area contributed by atoms with Crippen LogP contribution in [0.1, 0.15) is 12.8 Å². The summed E-state index contributed by atoms with van der Waals surface area (Å²) in [6, 6.07) is 0.340. The quantitative estimate of drug-likeness (QED) is 0.690. The highest BCUT2D eigenvalue weighted by Gasteiger charge is 2.22. The van der Waals surface area contributed by atoms with Gasteiger partial charge in [0.2, 0.25) is 0 Å². The van der Waals surface area contributed by atoms with Crippen molar-refractivity contribution < 1.29 is 9.84 Å². The molecule has 0 bridgehead atoms. The molecule has 2 aliphatic rings. The maximum absolute atomic E-state index is 9.18. The molecule has 0 radical (unpaired) electrons. The van der Waals surface area contributed by atoms with Gasteiger partial charge in [-0.3, -0.25) is 9.80 Å². The molecule has 1 atom stereocenters. The van der Waals surface area contributed by atoms with Gasteiger partial charge in [-0.25, -0.2) is 0 Å². The number of nitrogens with zero attached hydrogens (tertiary/aromatic N) is 2. The topological polar surface area (TPSA) is 35.9 Å². The Balaban J connectivity index is 1.67. The first-order valence-electron chi connectivity index (χ1n) is 6.51. The van der Waals surface area contributed by atoms with Crippen molar-refractivity contribution in [2.75, 3.05) is 52.5 Å². The first-order valence-corrected chi connectivity index (χ1v) is 6.51. The number of aliphatic hydroxyl groups excluding tert-OH is 1. The molecule has 17 heavy (non-hydrogen) atoms. The second-order valence-corrected chi connectivity index (χ2v) is 4.69. The zero-order valence-corrected chi connectivity index (χ0v) is 10.4. The molecule has 0 aromatic carbocycles. The number of ether oxygens (including phenoxy) is 1. The van der Waals surface area contributed by atoms with E-state index in [2.05, 4.69) is 21.6 Å². The molecule has 2 heterocycles. The van der Waals surface area contributed by atoms with Crippen molar-refractivity contribution in [3.05, 3.63) is 0 Å². The molecule has 0 saturated carbocycles. The smallest absolute Gasteiger partial charge is 0.0605 e. The van der Waals surface area contributed by atoms with Gasteiger partial charge in [-0.2, -0.15) is 0 Å². The van der Waals surface area contributed by atoms with Crippen LogP contribution in [0.25, 0.3) is 0 Å². The number of hydrogen-bond donors (Lipinski definition) is 1. The van der Waals surface area contributed by atoms with Gasteiger partial charge in [-0.1, -0.05) is 11.8 Å². The third kappa shape index (κ3) is 3.97. The molecule has 1 N–H and O–H groups in total. The second kappa shape index (κ2) is 6.97. The van der Waals surface area contributed by atoms with Crippen molar-refractivity contribution in [2.24, 2.45) is 0 Å². The van der Waals surface area contributed by atoms with Crippen LogP contribution >= 0.6 is 0 Å². The molecular formula is C13H22N2O2. The maximum atomic E-state index is 9.18. The van der Waals surface area contributed by atoms with Gasteiger partial charge < -0.3 is 9.84 Å². The summed E-state index contributed by atoms with van der Waals surface area (Å²) in [6.45, 7) is 6.66. The van der Waals surface area contributed by atoms with Crippen molar-refractivity contribution in [3.63, 3.8) is 0 Å². The van der Waals surface area contributed by atoms with Crippen LogP contribution in [0.5, 0.6) is 0 Å². The fraction of sp³-hybridized carbons (Fsp3) is 0.846. The van der Waals surface area contributed by atoms with E-state index in [4.69, 9.17) is 4.74 Å². The Kier molecular flexibility index (Phi) is 5.27. The molecule has 0 aromatic rings. The molecule has 0 aliphatic carbocycles. The number of aliphatic hydroxyl groups is 1. The van der Waals surface area contributed by atoms with E-state index in [0.717, 1.165) is 52.4 Å². The third-order valence-corrected chi connectivity index (χ3v) is 3.52. The number of morpholine rings is 1. The molecular weight excluding hydrogens is 216 g/mol. The van der Waals surface area contributed by atoms with Crippen LogP contribution in [-0.2, 0) is 4.74 Å². The van der Waals surface area contributed by atoms with Crippen LogP contribution in [0.15, 0.2) is 0 Å². The second-order valence-electron chi connectivity index (χ2n) is 4.69. The lowest BCUT2D eigenvalue weighted by molar-refractivity contribution is 0.0443. The van der Waals surface area contributed by atoms with Gasteiger partial charge in [0.05, 0.1) is 32.9 Å². The van der Waals surface area contributed by atoms with Crippen molar-refractivity contribution >= 4 is 0 Å². The largest absolute Gasteiger partial charge is 0.395 e. The Morgan fingerprint density at radius 1 is 1.12 bits per heavy atom. The lowest BCUT2D eigenvalue weighted by Crippen LogP contribution is -2.36. The number of likely N-dealkylation sites (tertiary alicyclic amines) is 1. The average molecular weight is 238 g/mol. The first kappa shape index (κ1) is 12.8. The summed E-state index contributed by atoms with van der Waals surface area (Å²) in [5, 5.41) is 9.18. The van der Waals surface area contributed by atoms with Gasteiger partial charge in [0.15, 0.2) is 0 Å². The van der Waals surface area contributed by atoms with E-state index in [-0.39, 0.29) is 6.61 Å². The molecule has 96 valence electrons. The van der Waals surface area contributed by atoms with Crippen LogP contribution in [0.4, 0.5) is 0 Å². The minimum atomic E-state index is 0.269. The molecule has 4 nitrogen and oxygen atoms in total. The monoisotopic (exact) mass is 238 g/mol. The summed E-state index contributed by atoms with van der Waals surface area (Å²) in [4.78, 5) is 4.61. The van der Waals surface area contributed by atoms with Gasteiger partial charge in [0.1, 0.15) is 0 Å². The maximum Gasteiger partial charge on any atom is 0.0605 e. The van der Waals surface area contributed by atoms with E-state index in [1.54, 1.807) is 0 Å². The van der Waals surface area contributed by atoms with E-state index in [1.807, 2.05) is 0 Å². The van der Waals surface area contributed by atoms with Crippen LogP contribution in [0.3, 0.4) is 0 Å². The van der Waals surface area contributed by atoms with Crippen molar-refractivity contribution in [2.45, 2.75) is 18.9 Å². The summed E-state index contributed by atoms with van der Waals surface area (Å²) in [7, 11) is 0. The Labute approximate surface area is 104 Å². The lowest BCUT2D eigenvalue weighted by atomic mass is 10.2. The normalized spacial score (nSPS) is 26.8. The van der Waals surface area contributed by atoms with Gasteiger partial charge in [0.25, 0.3) is 0 Å². The van der Waals surface area contributed by atoms with E-state index >= 15 is 0 Å². The Morgan fingerprint density at radius 2 is 1.88 bits per heavy atom. The van der Waals surface area contributed by atoms with Crippen LogP contribution in [0.2, 0.25) is 0 Å². The molecule has 0 amide bonds. The lowest BCUT2D eigenvalue weighted by Gasteiger charge is -2.24. The van der Waals surface area contributed by atoms with Gasteiger partial charge in [-0.15, -0.1) is 0 Å². The minimum Gasteiger partial charge on any atom is -0.395 e. The third-order valence-electron chi connectivity index (χ3n) is 3.52. The van der Waals surface area contributed by atoms with Crippen molar-refractivity contribution in [3.8, 4) is 11.8 Å². The standard InChI is InChI=1S/C13H22N2O2/c16-12-13-4-3-7-15(13)6-2-1-5-14-8-10-17-11-9-14/h13,16H,3-12H2/t13-/m0/s1. The van der Waals surface area contributed by atoms with E-state index in [9.17, 15) is 5.11 Å². The predicted octanol–water partition coefficient (Wildman–Crippen LogP) is -0.221. The number of hydrogen-bond acceptors (Lipinski definition) is 4. The van der Waals surface area contributed by atoms with Gasteiger partial charge in [0, 0.05) is 19.1 Å². The summed E-state index contributed by atoms with van der Waals surface area (Å²) in [5.74, 6) is 6.44. The van der Waals surface area contributed by atoms with Gasteiger partial charge in [-0.05, 0) is 19.4 Å².